The van der Waals surface area contributed by atoms with E-state index in [9.17, 15) is 26.3 Å². The van der Waals surface area contributed by atoms with Gasteiger partial charge in [-0.15, -0.1) is 0 Å². The molecule has 0 heterocycles. The van der Waals surface area contributed by atoms with Crippen LogP contribution in [-0.4, -0.2) is 6.54 Å². The standard InChI is InChI=1S/C10H9F6N/c11-7-4-6(10(14,15)16)9(13)8(12)5(7)2-1-3-17/h4H,1-3,17H2. The summed E-state index contributed by atoms with van der Waals surface area (Å²) < 4.78 is 76.1. The van der Waals surface area contributed by atoms with Gasteiger partial charge in [0, 0.05) is 5.56 Å². The normalized spacial score (nSPS) is 11.9. The highest BCUT2D eigenvalue weighted by atomic mass is 19.4. The van der Waals surface area contributed by atoms with Gasteiger partial charge in [-0.1, -0.05) is 0 Å². The average Bonchev–Trinajstić information content (AvgIpc) is 2.22. The van der Waals surface area contributed by atoms with Crippen LogP contribution in [0.1, 0.15) is 17.5 Å². The number of hydrogen-bond acceptors (Lipinski definition) is 1. The topological polar surface area (TPSA) is 26.0 Å². The van der Waals surface area contributed by atoms with E-state index in [0.29, 0.717) is 0 Å². The Hall–Kier alpha value is -1.24. The monoisotopic (exact) mass is 257 g/mol. The maximum atomic E-state index is 13.2. The molecule has 0 aliphatic rings. The Labute approximate surface area is 93.2 Å². The van der Waals surface area contributed by atoms with E-state index in [2.05, 4.69) is 0 Å². The van der Waals surface area contributed by atoms with E-state index < -0.39 is 34.8 Å². The van der Waals surface area contributed by atoms with Crippen molar-refractivity contribution in [2.24, 2.45) is 5.73 Å². The predicted molar refractivity (Wildman–Crippen MR) is 48.7 cm³/mol. The van der Waals surface area contributed by atoms with E-state index in [1.807, 2.05) is 0 Å². The van der Waals surface area contributed by atoms with E-state index >= 15 is 0 Å². The van der Waals surface area contributed by atoms with Crippen molar-refractivity contribution in [2.45, 2.75) is 19.0 Å². The Morgan fingerprint density at radius 3 is 2.12 bits per heavy atom. The third-order valence-corrected chi connectivity index (χ3v) is 2.19. The van der Waals surface area contributed by atoms with Gasteiger partial charge in [0.1, 0.15) is 5.82 Å². The van der Waals surface area contributed by atoms with Crippen LogP contribution in [0.4, 0.5) is 26.3 Å². The van der Waals surface area contributed by atoms with Gasteiger partial charge in [-0.3, -0.25) is 0 Å². The number of halogens is 6. The maximum Gasteiger partial charge on any atom is 0.419 e. The van der Waals surface area contributed by atoms with Crippen LogP contribution in [-0.2, 0) is 12.6 Å². The first-order valence-corrected chi connectivity index (χ1v) is 4.72. The zero-order chi connectivity index (χ0) is 13.2. The lowest BCUT2D eigenvalue weighted by molar-refractivity contribution is -0.140. The van der Waals surface area contributed by atoms with Gasteiger partial charge in [0.05, 0.1) is 5.56 Å². The van der Waals surface area contributed by atoms with Crippen molar-refractivity contribution in [1.82, 2.24) is 0 Å². The summed E-state index contributed by atoms with van der Waals surface area (Å²) in [6.45, 7) is 0.0987. The minimum Gasteiger partial charge on any atom is -0.330 e. The van der Waals surface area contributed by atoms with E-state index in [-0.39, 0.29) is 25.5 Å². The van der Waals surface area contributed by atoms with Crippen molar-refractivity contribution >= 4 is 0 Å². The van der Waals surface area contributed by atoms with E-state index in [1.54, 1.807) is 0 Å². The first kappa shape index (κ1) is 13.8. The molecule has 1 rings (SSSR count). The predicted octanol–water partition coefficient (Wildman–Crippen LogP) is 3.01. The van der Waals surface area contributed by atoms with Crippen LogP contribution in [0, 0.1) is 17.5 Å². The Morgan fingerprint density at radius 2 is 1.65 bits per heavy atom. The molecule has 96 valence electrons. The van der Waals surface area contributed by atoms with Crippen molar-refractivity contribution < 1.29 is 26.3 Å². The molecule has 0 saturated carbocycles. The second-order valence-corrected chi connectivity index (χ2v) is 3.40. The summed E-state index contributed by atoms with van der Waals surface area (Å²) in [4.78, 5) is 0. The lowest BCUT2D eigenvalue weighted by atomic mass is 10.0. The molecule has 0 aliphatic heterocycles. The summed E-state index contributed by atoms with van der Waals surface area (Å²) in [7, 11) is 0. The van der Waals surface area contributed by atoms with Crippen molar-refractivity contribution in [2.75, 3.05) is 6.54 Å². The number of rotatable bonds is 3. The SMILES string of the molecule is NCCCc1c(F)cc(C(F)(F)F)c(F)c1F. The highest BCUT2D eigenvalue weighted by Crippen LogP contribution is 2.34. The number of hydrogen-bond donors (Lipinski definition) is 1. The fraction of sp³-hybridized carbons (Fsp3) is 0.400. The molecule has 0 aromatic heterocycles. The number of nitrogens with two attached hydrogens (primary N) is 1. The molecule has 0 spiro atoms. The minimum absolute atomic E-state index is 0.0374. The average molecular weight is 257 g/mol. The quantitative estimate of drug-likeness (QED) is 0.653. The fourth-order valence-electron chi connectivity index (χ4n) is 1.35. The first-order chi connectivity index (χ1) is 7.79. The number of alkyl halides is 3. The van der Waals surface area contributed by atoms with E-state index in [0.717, 1.165) is 0 Å². The smallest absolute Gasteiger partial charge is 0.330 e. The van der Waals surface area contributed by atoms with Gasteiger partial charge in [0.25, 0.3) is 0 Å². The molecule has 0 unspecified atom stereocenters. The van der Waals surface area contributed by atoms with Crippen LogP contribution in [0.5, 0.6) is 0 Å². The lowest BCUT2D eigenvalue weighted by Gasteiger charge is -2.12. The third-order valence-electron chi connectivity index (χ3n) is 2.19. The maximum absolute atomic E-state index is 13.2. The molecular formula is C10H9F6N. The molecule has 0 amide bonds. The molecule has 1 aromatic rings. The Balaban J connectivity index is 3.27. The van der Waals surface area contributed by atoms with Crippen molar-refractivity contribution in [3.63, 3.8) is 0 Å². The second kappa shape index (κ2) is 4.95. The molecule has 1 aromatic carbocycles. The molecule has 17 heavy (non-hydrogen) atoms. The van der Waals surface area contributed by atoms with E-state index in [4.69, 9.17) is 5.73 Å². The summed E-state index contributed by atoms with van der Waals surface area (Å²) in [5, 5.41) is 0. The molecule has 0 radical (unpaired) electrons. The molecule has 1 nitrogen and oxygen atoms in total. The van der Waals surface area contributed by atoms with Crippen LogP contribution < -0.4 is 5.73 Å². The van der Waals surface area contributed by atoms with Gasteiger partial charge >= 0.3 is 6.18 Å². The second-order valence-electron chi connectivity index (χ2n) is 3.40. The highest BCUT2D eigenvalue weighted by Gasteiger charge is 2.37. The molecule has 0 atom stereocenters. The molecule has 0 aliphatic carbocycles. The van der Waals surface area contributed by atoms with E-state index in [1.165, 1.54) is 0 Å². The fourth-order valence-corrected chi connectivity index (χ4v) is 1.35. The number of benzene rings is 1. The van der Waals surface area contributed by atoms with Gasteiger partial charge in [-0.25, -0.2) is 13.2 Å². The van der Waals surface area contributed by atoms with Crippen LogP contribution in [0.2, 0.25) is 0 Å². The van der Waals surface area contributed by atoms with Crippen LogP contribution in [0.3, 0.4) is 0 Å². The van der Waals surface area contributed by atoms with Gasteiger partial charge in [-0.05, 0) is 25.5 Å². The molecule has 7 heteroatoms. The Morgan fingerprint density at radius 1 is 1.06 bits per heavy atom. The van der Waals surface area contributed by atoms with Crippen molar-refractivity contribution in [1.29, 1.82) is 0 Å². The Kier molecular flexibility index (Phi) is 4.03. The molecular weight excluding hydrogens is 248 g/mol. The zero-order valence-electron chi connectivity index (χ0n) is 8.54. The van der Waals surface area contributed by atoms with Crippen LogP contribution in [0.15, 0.2) is 6.07 Å². The summed E-state index contributed by atoms with van der Waals surface area (Å²) in [6, 6.07) is -0.0374. The minimum atomic E-state index is -5.13. The Bertz CT molecular complexity index is 412. The van der Waals surface area contributed by atoms with Gasteiger partial charge in [0.15, 0.2) is 11.6 Å². The van der Waals surface area contributed by atoms with Gasteiger partial charge < -0.3 is 5.73 Å². The summed E-state index contributed by atoms with van der Waals surface area (Å²) in [5.74, 6) is -5.29. The van der Waals surface area contributed by atoms with Crippen LogP contribution in [0.25, 0.3) is 0 Å². The van der Waals surface area contributed by atoms with Crippen molar-refractivity contribution in [3.05, 3.63) is 34.6 Å². The van der Waals surface area contributed by atoms with Gasteiger partial charge in [-0.2, -0.15) is 13.2 Å². The lowest BCUT2D eigenvalue weighted by Crippen LogP contribution is -2.13. The third kappa shape index (κ3) is 2.91. The molecule has 0 saturated heterocycles. The summed E-state index contributed by atoms with van der Waals surface area (Å²) in [6.07, 6.45) is -5.22. The highest BCUT2D eigenvalue weighted by molar-refractivity contribution is 5.30. The van der Waals surface area contributed by atoms with Crippen LogP contribution >= 0.6 is 0 Å². The largest absolute Gasteiger partial charge is 0.419 e. The molecule has 2 N–H and O–H groups in total. The molecule has 0 bridgehead atoms. The summed E-state index contributed by atoms with van der Waals surface area (Å²) in [5.41, 5.74) is 2.45. The molecule has 0 fully saturated rings. The van der Waals surface area contributed by atoms with Gasteiger partial charge in [0.2, 0.25) is 0 Å². The summed E-state index contributed by atoms with van der Waals surface area (Å²) >= 11 is 0. The zero-order valence-corrected chi connectivity index (χ0v) is 8.54. The van der Waals surface area contributed by atoms with Crippen molar-refractivity contribution in [3.8, 4) is 0 Å². The first-order valence-electron chi connectivity index (χ1n) is 4.72.